The van der Waals surface area contributed by atoms with Crippen molar-refractivity contribution in [3.63, 3.8) is 0 Å². The number of halogens is 1. The molecule has 0 radical (unpaired) electrons. The monoisotopic (exact) mass is 655 g/mol. The molecular weight excluding hydrogens is 617 g/mol. The van der Waals surface area contributed by atoms with Crippen LogP contribution >= 0.6 is 22.6 Å². The van der Waals surface area contributed by atoms with Crippen molar-refractivity contribution in [2.75, 3.05) is 20.3 Å². The van der Waals surface area contributed by atoms with E-state index in [1.165, 1.54) is 12.0 Å². The Morgan fingerprint density at radius 3 is 2.56 bits per heavy atom. The number of imide groups is 1. The average molecular weight is 656 g/mol. The number of carboxylic acids is 1. The molecule has 0 aromatic heterocycles. The fraction of sp³-hybridized carbons (Fsp3) is 0.552. The highest BCUT2D eigenvalue weighted by molar-refractivity contribution is 14.1. The summed E-state index contributed by atoms with van der Waals surface area (Å²) in [5.74, 6) is -2.81. The molecule has 0 spiro atoms. The fourth-order valence-electron chi connectivity index (χ4n) is 5.83. The lowest BCUT2D eigenvalue weighted by molar-refractivity contribution is -0.141. The summed E-state index contributed by atoms with van der Waals surface area (Å²) in [7, 11) is 1.49. The van der Waals surface area contributed by atoms with Crippen LogP contribution in [0.25, 0.3) is 6.08 Å². The molecule has 4 N–H and O–H groups in total. The van der Waals surface area contributed by atoms with Crippen molar-refractivity contribution in [1.29, 1.82) is 0 Å². The third-order valence-electron chi connectivity index (χ3n) is 7.74. The number of nitrogens with zero attached hydrogens (tertiary/aromatic N) is 1. The number of aliphatic carboxylic acids is 1. The van der Waals surface area contributed by atoms with Gasteiger partial charge in [0.05, 0.1) is 35.2 Å². The minimum Gasteiger partial charge on any atom is -0.504 e. The number of likely N-dealkylation sites (tertiary alicyclic amines) is 1. The van der Waals surface area contributed by atoms with Crippen LogP contribution in [0, 0.1) is 21.3 Å². The maximum atomic E-state index is 13.3. The average Bonchev–Trinajstić information content (AvgIpc) is 3.12. The number of rotatable bonds is 13. The van der Waals surface area contributed by atoms with Crippen molar-refractivity contribution in [2.45, 2.75) is 64.9 Å². The molecule has 0 bridgehead atoms. The van der Waals surface area contributed by atoms with E-state index in [1.54, 1.807) is 6.07 Å². The molecule has 2 amide bonds. The van der Waals surface area contributed by atoms with E-state index < -0.39 is 29.8 Å². The Labute approximate surface area is 242 Å². The number of unbranched alkanes of at least 4 members (excludes halogenated alkanes) is 2. The first-order chi connectivity index (χ1) is 18.5. The molecular formula is C29H38INO8. The summed E-state index contributed by atoms with van der Waals surface area (Å²) in [6.45, 7) is 3.71. The summed E-state index contributed by atoms with van der Waals surface area (Å²) < 4.78 is 5.90. The van der Waals surface area contributed by atoms with Gasteiger partial charge in [0.2, 0.25) is 11.8 Å². The Bertz CT molecular complexity index is 1160. The lowest BCUT2D eigenvalue weighted by Gasteiger charge is -2.35. The number of phenolic OH excluding ortho intramolecular Hbond substituents is 1. The van der Waals surface area contributed by atoms with Crippen molar-refractivity contribution >= 4 is 46.5 Å². The minimum atomic E-state index is -0.867. The van der Waals surface area contributed by atoms with Gasteiger partial charge in [-0.25, -0.2) is 0 Å². The Hall–Kier alpha value is -2.44. The minimum absolute atomic E-state index is 0.0567. The van der Waals surface area contributed by atoms with Crippen molar-refractivity contribution in [2.24, 2.45) is 17.8 Å². The van der Waals surface area contributed by atoms with E-state index in [0.717, 1.165) is 16.7 Å². The standard InChI is InChI=1S/C29H38INO8/c1-16(11-18-13-21(30)27(36)23(14-18)39-3)8-9-22(33)25-17(2)12-19-26(20(25)15-32)29(38)31(28(19)37)10-6-4-5-7-24(34)35/h11,13-14,19-20,22,26,32-33,36H,4-10,12,15H2,1-3H3,(H,34,35)/b16-11+/t19-,20+,22-,26-/m1/s1. The molecule has 1 fully saturated rings. The zero-order chi connectivity index (χ0) is 28.9. The van der Waals surface area contributed by atoms with Crippen LogP contribution < -0.4 is 4.74 Å². The second-order valence-electron chi connectivity index (χ2n) is 10.5. The number of allylic oxidation sites excluding steroid dienone is 2. The molecule has 0 unspecified atom stereocenters. The normalized spacial score (nSPS) is 22.4. The molecule has 1 heterocycles. The topological polar surface area (TPSA) is 145 Å². The molecule has 9 nitrogen and oxygen atoms in total. The maximum absolute atomic E-state index is 13.3. The van der Waals surface area contributed by atoms with Gasteiger partial charge in [0, 0.05) is 18.9 Å². The number of aliphatic hydroxyl groups is 2. The third-order valence-corrected chi connectivity index (χ3v) is 8.57. The van der Waals surface area contributed by atoms with Crippen molar-refractivity contribution < 1.29 is 39.5 Å². The number of hydrogen-bond acceptors (Lipinski definition) is 7. The van der Waals surface area contributed by atoms with Gasteiger partial charge >= 0.3 is 5.97 Å². The van der Waals surface area contributed by atoms with Crippen molar-refractivity contribution in [1.82, 2.24) is 4.90 Å². The highest BCUT2D eigenvalue weighted by Gasteiger charge is 2.54. The lowest BCUT2D eigenvalue weighted by atomic mass is 9.68. The largest absolute Gasteiger partial charge is 0.504 e. The Kier molecular flexibility index (Phi) is 11.0. The van der Waals surface area contributed by atoms with E-state index in [-0.39, 0.29) is 37.1 Å². The van der Waals surface area contributed by atoms with Gasteiger partial charge < -0.3 is 25.2 Å². The second kappa shape index (κ2) is 13.8. The summed E-state index contributed by atoms with van der Waals surface area (Å²) in [5.41, 5.74) is 3.36. The molecule has 10 heteroatoms. The zero-order valence-corrected chi connectivity index (χ0v) is 24.8. The van der Waals surface area contributed by atoms with Crippen molar-refractivity contribution in [3.05, 3.63) is 38.0 Å². The van der Waals surface area contributed by atoms with Gasteiger partial charge in [-0.15, -0.1) is 0 Å². The van der Waals surface area contributed by atoms with Crippen LogP contribution in [0.5, 0.6) is 11.5 Å². The predicted octanol–water partition coefficient (Wildman–Crippen LogP) is 4.12. The van der Waals surface area contributed by atoms with Gasteiger partial charge in [0.1, 0.15) is 0 Å². The summed E-state index contributed by atoms with van der Waals surface area (Å²) in [6.07, 6.45) is 4.11. The molecule has 1 aromatic rings. The number of hydrogen-bond donors (Lipinski definition) is 4. The number of benzene rings is 1. The summed E-state index contributed by atoms with van der Waals surface area (Å²) in [4.78, 5) is 38.4. The second-order valence-corrected chi connectivity index (χ2v) is 11.7. The number of carbonyl (C=O) groups is 3. The first kappa shape index (κ1) is 31.1. The highest BCUT2D eigenvalue weighted by atomic mass is 127. The van der Waals surface area contributed by atoms with E-state index in [0.29, 0.717) is 53.4 Å². The SMILES string of the molecule is COc1cc(/C=C(\C)CC[C@@H](O)C2=C(C)C[C@H]3C(=O)N(CCCCCC(=O)O)C(=O)[C@H]3[C@H]2CO)cc(I)c1O. The number of fused-ring (bicyclic) bond motifs is 1. The van der Waals surface area contributed by atoms with Crippen LogP contribution in [0.1, 0.15) is 64.4 Å². The maximum Gasteiger partial charge on any atom is 0.303 e. The molecule has 0 saturated carbocycles. The van der Waals surface area contributed by atoms with Gasteiger partial charge in [-0.1, -0.05) is 23.6 Å². The van der Waals surface area contributed by atoms with Crippen LogP contribution in [0.15, 0.2) is 28.9 Å². The van der Waals surface area contributed by atoms with Gasteiger partial charge in [0.25, 0.3) is 0 Å². The van der Waals surface area contributed by atoms with E-state index in [4.69, 9.17) is 9.84 Å². The van der Waals surface area contributed by atoms with Crippen LogP contribution in [0.2, 0.25) is 0 Å². The van der Waals surface area contributed by atoms with E-state index >= 15 is 0 Å². The van der Waals surface area contributed by atoms with Crippen LogP contribution in [0.4, 0.5) is 0 Å². The Morgan fingerprint density at radius 1 is 1.21 bits per heavy atom. The summed E-state index contributed by atoms with van der Waals surface area (Å²) >= 11 is 2.04. The zero-order valence-electron chi connectivity index (χ0n) is 22.7. The number of phenols is 1. The third kappa shape index (κ3) is 7.20. The number of methoxy groups -OCH3 is 1. The van der Waals surface area contributed by atoms with Gasteiger partial charge in [-0.3, -0.25) is 19.3 Å². The molecule has 39 heavy (non-hydrogen) atoms. The summed E-state index contributed by atoms with van der Waals surface area (Å²) in [6, 6.07) is 3.59. The predicted molar refractivity (Wildman–Crippen MR) is 154 cm³/mol. The number of carbonyl (C=O) groups excluding carboxylic acids is 2. The molecule has 4 atom stereocenters. The highest BCUT2D eigenvalue weighted by Crippen LogP contribution is 2.46. The lowest BCUT2D eigenvalue weighted by Crippen LogP contribution is -2.38. The molecule has 214 valence electrons. The Balaban J connectivity index is 1.68. The van der Waals surface area contributed by atoms with Gasteiger partial charge in [0.15, 0.2) is 11.5 Å². The van der Waals surface area contributed by atoms with E-state index in [9.17, 15) is 29.7 Å². The summed E-state index contributed by atoms with van der Waals surface area (Å²) in [5, 5.41) is 40.4. The van der Waals surface area contributed by atoms with E-state index in [1.807, 2.05) is 48.6 Å². The molecule has 1 aromatic carbocycles. The van der Waals surface area contributed by atoms with Gasteiger partial charge in [-0.05, 0) is 91.8 Å². The molecule has 3 rings (SSSR count). The molecule has 1 aliphatic heterocycles. The van der Waals surface area contributed by atoms with E-state index in [2.05, 4.69) is 0 Å². The Morgan fingerprint density at radius 2 is 1.92 bits per heavy atom. The van der Waals surface area contributed by atoms with Crippen LogP contribution in [0.3, 0.4) is 0 Å². The first-order valence-corrected chi connectivity index (χ1v) is 14.4. The molecule has 2 aliphatic rings. The quantitative estimate of drug-likeness (QED) is 0.108. The van der Waals surface area contributed by atoms with Crippen LogP contribution in [-0.2, 0) is 14.4 Å². The van der Waals surface area contributed by atoms with Crippen LogP contribution in [-0.4, -0.2) is 69.5 Å². The smallest absolute Gasteiger partial charge is 0.303 e. The van der Waals surface area contributed by atoms with Crippen molar-refractivity contribution in [3.8, 4) is 11.5 Å². The first-order valence-electron chi connectivity index (χ1n) is 13.3. The fourth-order valence-corrected chi connectivity index (χ4v) is 6.46. The number of aliphatic hydroxyl groups excluding tert-OH is 2. The number of amides is 2. The molecule has 1 saturated heterocycles. The number of carboxylic acid groups (broad SMARTS) is 1. The number of aromatic hydroxyl groups is 1. The van der Waals surface area contributed by atoms with Gasteiger partial charge in [-0.2, -0.15) is 0 Å². The number of ether oxygens (including phenoxy) is 1. The molecule has 1 aliphatic carbocycles.